The van der Waals surface area contributed by atoms with Gasteiger partial charge in [-0.25, -0.2) is 0 Å². The molecule has 0 aliphatic rings. The lowest BCUT2D eigenvalue weighted by Gasteiger charge is -2.11. The Morgan fingerprint density at radius 3 is 2.60 bits per heavy atom. The first-order chi connectivity index (χ1) is 9.65. The van der Waals surface area contributed by atoms with Crippen LogP contribution in [0.3, 0.4) is 0 Å². The van der Waals surface area contributed by atoms with E-state index in [9.17, 15) is 4.79 Å². The van der Waals surface area contributed by atoms with Gasteiger partial charge in [0.1, 0.15) is 9.32 Å². The number of hydrogen-bond acceptors (Lipinski definition) is 2. The van der Waals surface area contributed by atoms with Crippen molar-refractivity contribution >= 4 is 45.1 Å². The number of aromatic nitrogens is 1. The van der Waals surface area contributed by atoms with Gasteiger partial charge in [0.05, 0.1) is 5.52 Å². The van der Waals surface area contributed by atoms with Crippen LogP contribution in [-0.2, 0) is 0 Å². The fourth-order valence-corrected chi connectivity index (χ4v) is 2.63. The number of nitrogens with one attached hydrogen (secondary N) is 1. The topological polar surface area (TPSA) is 42.1 Å². The molecule has 0 radical (unpaired) electrons. The molecule has 0 atom stereocenters. The third kappa shape index (κ3) is 2.53. The summed E-state index contributed by atoms with van der Waals surface area (Å²) in [5, 5.41) is 1.38. The molecule has 0 aliphatic carbocycles. The van der Waals surface area contributed by atoms with Gasteiger partial charge < -0.3 is 9.72 Å². The minimum absolute atomic E-state index is 0.175. The van der Waals surface area contributed by atoms with Crippen LogP contribution in [-0.4, -0.2) is 4.98 Å². The Morgan fingerprint density at radius 2 is 1.85 bits per heavy atom. The largest absolute Gasteiger partial charge is 0.455 e. The molecule has 1 aromatic heterocycles. The molecule has 0 aliphatic heterocycles. The minimum atomic E-state index is -0.175. The van der Waals surface area contributed by atoms with Gasteiger partial charge in [-0.15, -0.1) is 0 Å². The Hall–Kier alpha value is -1.53. The SMILES string of the molecule is O=c1[nH]c2ccc(Cl)cc2c(Oc2ccccc2)c1I. The van der Waals surface area contributed by atoms with Crippen LogP contribution in [0.4, 0.5) is 0 Å². The number of halogens is 2. The summed E-state index contributed by atoms with van der Waals surface area (Å²) in [5.74, 6) is 1.20. The zero-order valence-corrected chi connectivity index (χ0v) is 13.1. The molecule has 1 heterocycles. The molecule has 0 saturated heterocycles. The normalized spacial score (nSPS) is 10.7. The van der Waals surface area contributed by atoms with Gasteiger partial charge in [0, 0.05) is 10.4 Å². The Balaban J connectivity index is 2.24. The summed E-state index contributed by atoms with van der Waals surface area (Å²) in [5.41, 5.74) is 0.525. The van der Waals surface area contributed by atoms with Crippen LogP contribution < -0.4 is 10.3 Å². The van der Waals surface area contributed by atoms with Crippen LogP contribution >= 0.6 is 34.2 Å². The summed E-state index contributed by atoms with van der Waals surface area (Å²) in [6, 6.07) is 14.6. The Bertz CT molecular complexity index is 830. The Labute approximate surface area is 133 Å². The van der Waals surface area contributed by atoms with Gasteiger partial charge >= 0.3 is 0 Å². The van der Waals surface area contributed by atoms with E-state index < -0.39 is 0 Å². The summed E-state index contributed by atoms with van der Waals surface area (Å²) in [6.07, 6.45) is 0. The molecular formula is C15H9ClINO2. The molecule has 1 N–H and O–H groups in total. The van der Waals surface area contributed by atoms with E-state index in [-0.39, 0.29) is 5.56 Å². The van der Waals surface area contributed by atoms with E-state index in [1.807, 2.05) is 52.9 Å². The highest BCUT2D eigenvalue weighted by Crippen LogP contribution is 2.32. The molecule has 3 aromatic rings. The first-order valence-electron chi connectivity index (χ1n) is 5.89. The number of ether oxygens (including phenoxy) is 1. The third-order valence-corrected chi connectivity index (χ3v) is 4.05. The van der Waals surface area contributed by atoms with Crippen molar-refractivity contribution < 1.29 is 4.74 Å². The summed E-state index contributed by atoms with van der Waals surface area (Å²) in [6.45, 7) is 0. The van der Waals surface area contributed by atoms with Crippen LogP contribution in [0, 0.1) is 3.57 Å². The smallest absolute Gasteiger partial charge is 0.265 e. The van der Waals surface area contributed by atoms with Crippen LogP contribution in [0.15, 0.2) is 53.3 Å². The van der Waals surface area contributed by atoms with Crippen LogP contribution in [0.5, 0.6) is 11.5 Å². The maximum Gasteiger partial charge on any atom is 0.265 e. The van der Waals surface area contributed by atoms with Gasteiger partial charge in [-0.05, 0) is 52.9 Å². The number of fused-ring (bicyclic) bond motifs is 1. The van der Waals surface area contributed by atoms with Crippen LogP contribution in [0.25, 0.3) is 10.9 Å². The number of para-hydroxylation sites is 1. The van der Waals surface area contributed by atoms with Crippen LogP contribution in [0.1, 0.15) is 0 Å². The molecule has 5 heteroatoms. The zero-order chi connectivity index (χ0) is 14.1. The molecule has 0 spiro atoms. The molecule has 100 valence electrons. The molecule has 0 bridgehead atoms. The van der Waals surface area contributed by atoms with Gasteiger partial charge in [0.2, 0.25) is 0 Å². The van der Waals surface area contributed by atoms with E-state index in [4.69, 9.17) is 16.3 Å². The van der Waals surface area contributed by atoms with Gasteiger partial charge in [-0.3, -0.25) is 4.79 Å². The van der Waals surface area contributed by atoms with Crippen molar-refractivity contribution in [2.75, 3.05) is 0 Å². The molecule has 0 amide bonds. The molecule has 3 rings (SSSR count). The molecule has 3 nitrogen and oxygen atoms in total. The highest BCUT2D eigenvalue weighted by molar-refractivity contribution is 14.1. The van der Waals surface area contributed by atoms with E-state index >= 15 is 0 Å². The van der Waals surface area contributed by atoms with Crippen molar-refractivity contribution in [3.05, 3.63) is 67.5 Å². The quantitative estimate of drug-likeness (QED) is 0.643. The molecular weight excluding hydrogens is 389 g/mol. The highest BCUT2D eigenvalue weighted by Gasteiger charge is 2.13. The van der Waals surface area contributed by atoms with Gasteiger partial charge in [-0.2, -0.15) is 0 Å². The van der Waals surface area contributed by atoms with Gasteiger partial charge in [0.25, 0.3) is 5.56 Å². The van der Waals surface area contributed by atoms with E-state index in [1.54, 1.807) is 18.2 Å². The van der Waals surface area contributed by atoms with E-state index in [2.05, 4.69) is 4.98 Å². The monoisotopic (exact) mass is 397 g/mol. The van der Waals surface area contributed by atoms with Gasteiger partial charge in [-0.1, -0.05) is 29.8 Å². The lowest BCUT2D eigenvalue weighted by atomic mass is 10.2. The van der Waals surface area contributed by atoms with E-state index in [0.29, 0.717) is 25.6 Å². The van der Waals surface area contributed by atoms with E-state index in [0.717, 1.165) is 5.39 Å². The predicted octanol–water partition coefficient (Wildman–Crippen LogP) is 4.58. The van der Waals surface area contributed by atoms with Crippen LogP contribution in [0.2, 0.25) is 5.02 Å². The van der Waals surface area contributed by atoms with Gasteiger partial charge in [0.15, 0.2) is 5.75 Å². The summed E-state index contributed by atoms with van der Waals surface area (Å²) in [4.78, 5) is 14.8. The second-order valence-corrected chi connectivity index (χ2v) is 5.72. The summed E-state index contributed by atoms with van der Waals surface area (Å²) >= 11 is 8.02. The number of H-pyrrole nitrogens is 1. The first-order valence-corrected chi connectivity index (χ1v) is 7.35. The third-order valence-electron chi connectivity index (χ3n) is 2.84. The van der Waals surface area contributed by atoms with Crippen molar-refractivity contribution in [1.29, 1.82) is 0 Å². The molecule has 0 unspecified atom stereocenters. The maximum atomic E-state index is 12.0. The molecule has 20 heavy (non-hydrogen) atoms. The molecule has 0 saturated carbocycles. The van der Waals surface area contributed by atoms with Crippen molar-refractivity contribution in [3.63, 3.8) is 0 Å². The lowest BCUT2D eigenvalue weighted by Crippen LogP contribution is -2.11. The Morgan fingerprint density at radius 1 is 1.10 bits per heavy atom. The number of benzene rings is 2. The van der Waals surface area contributed by atoms with E-state index in [1.165, 1.54) is 0 Å². The minimum Gasteiger partial charge on any atom is -0.455 e. The lowest BCUT2D eigenvalue weighted by molar-refractivity contribution is 0.484. The van der Waals surface area contributed by atoms with Crippen molar-refractivity contribution in [1.82, 2.24) is 4.98 Å². The maximum absolute atomic E-state index is 12.0. The zero-order valence-electron chi connectivity index (χ0n) is 10.2. The highest BCUT2D eigenvalue weighted by atomic mass is 127. The number of rotatable bonds is 2. The molecule has 2 aromatic carbocycles. The second kappa shape index (κ2) is 5.46. The summed E-state index contributed by atoms with van der Waals surface area (Å²) in [7, 11) is 0. The summed E-state index contributed by atoms with van der Waals surface area (Å²) < 4.78 is 6.37. The van der Waals surface area contributed by atoms with Crippen molar-refractivity contribution in [2.24, 2.45) is 0 Å². The second-order valence-electron chi connectivity index (χ2n) is 4.20. The number of hydrogen-bond donors (Lipinski definition) is 1. The fourth-order valence-electron chi connectivity index (χ4n) is 1.92. The number of pyridine rings is 1. The standard InChI is InChI=1S/C15H9ClINO2/c16-9-6-7-12-11(8-9)14(13(17)15(19)18-12)20-10-4-2-1-3-5-10/h1-8H,(H,18,19). The average molecular weight is 398 g/mol. The van der Waals surface area contributed by atoms with Crippen molar-refractivity contribution in [2.45, 2.75) is 0 Å². The Kier molecular flexibility index (Phi) is 3.67. The number of aromatic amines is 1. The predicted molar refractivity (Wildman–Crippen MR) is 88.8 cm³/mol. The fraction of sp³-hybridized carbons (Fsp3) is 0. The van der Waals surface area contributed by atoms with Crippen molar-refractivity contribution in [3.8, 4) is 11.5 Å². The molecule has 0 fully saturated rings. The average Bonchev–Trinajstić information content (AvgIpc) is 2.46. The first kappa shape index (κ1) is 13.5.